The second-order valence-electron chi connectivity index (χ2n) is 5.88. The van der Waals surface area contributed by atoms with Crippen LogP contribution in [0.15, 0.2) is 6.33 Å². The van der Waals surface area contributed by atoms with Crippen LogP contribution in [-0.2, 0) is 18.3 Å². The normalized spacial score (nSPS) is 17.4. The number of hydrogen-bond donors (Lipinski definition) is 1. The minimum Gasteiger partial charge on any atom is -0.760 e. The summed E-state index contributed by atoms with van der Waals surface area (Å²) in [4.78, 5) is 15.3. The summed E-state index contributed by atoms with van der Waals surface area (Å²) in [5.74, 6) is 1.39. The number of fused-ring (bicyclic) bond motifs is 1. The maximum atomic E-state index is 10.5. The molecular weight excluding hydrogens is 332 g/mol. The van der Waals surface area contributed by atoms with Crippen molar-refractivity contribution in [1.29, 1.82) is 0 Å². The summed E-state index contributed by atoms with van der Waals surface area (Å²) in [7, 11) is 3.48. The van der Waals surface area contributed by atoms with Crippen LogP contribution in [0, 0.1) is 5.92 Å². The summed E-state index contributed by atoms with van der Waals surface area (Å²) >= 11 is -2.17. The van der Waals surface area contributed by atoms with E-state index in [0.717, 1.165) is 43.7 Å². The number of rotatable bonds is 6. The molecule has 1 N–H and O–H groups in total. The summed E-state index contributed by atoms with van der Waals surface area (Å²) in [6, 6.07) is 0.512. The van der Waals surface area contributed by atoms with E-state index in [9.17, 15) is 8.76 Å². The lowest BCUT2D eigenvalue weighted by Gasteiger charge is -2.33. The average molecular weight is 353 g/mol. The van der Waals surface area contributed by atoms with Crippen molar-refractivity contribution in [1.82, 2.24) is 24.2 Å². The first-order valence-electron chi connectivity index (χ1n) is 7.89. The third-order valence-electron chi connectivity index (χ3n) is 4.48. The third-order valence-corrected chi connectivity index (χ3v) is 4.92. The molecule has 1 fully saturated rings. The summed E-state index contributed by atoms with van der Waals surface area (Å²) < 4.78 is 30.6. The van der Waals surface area contributed by atoms with Crippen molar-refractivity contribution >= 4 is 28.2 Å². The smallest absolute Gasteiger partial charge is 0.298 e. The number of ether oxygens (including phenoxy) is 1. The van der Waals surface area contributed by atoms with E-state index < -0.39 is 11.3 Å². The first-order valence-corrected chi connectivity index (χ1v) is 8.96. The molecular formula is C14H21N6O3S-. The highest BCUT2D eigenvalue weighted by molar-refractivity contribution is 7.77. The van der Waals surface area contributed by atoms with Gasteiger partial charge in [0.2, 0.25) is 0 Å². The number of hydrogen-bond acceptors (Lipinski definition) is 7. The fraction of sp³-hybridized carbons (Fsp3) is 0.643. The van der Waals surface area contributed by atoms with Crippen LogP contribution in [0.4, 0.5) is 5.82 Å². The third kappa shape index (κ3) is 3.50. The van der Waals surface area contributed by atoms with Gasteiger partial charge in [0.25, 0.3) is 6.01 Å². The first-order chi connectivity index (χ1) is 11.6. The quantitative estimate of drug-likeness (QED) is 0.747. The molecule has 24 heavy (non-hydrogen) atoms. The highest BCUT2D eigenvalue weighted by Gasteiger charge is 2.24. The van der Waals surface area contributed by atoms with Gasteiger partial charge < -0.3 is 14.2 Å². The van der Waals surface area contributed by atoms with E-state index in [1.54, 1.807) is 7.11 Å². The highest BCUT2D eigenvalue weighted by atomic mass is 32.2. The molecule has 3 rings (SSSR count). The predicted octanol–water partition coefficient (Wildman–Crippen LogP) is 0.362. The molecule has 0 bridgehead atoms. The molecule has 10 heteroatoms. The molecule has 1 aliphatic rings. The molecule has 2 aromatic heterocycles. The minimum atomic E-state index is -2.17. The molecule has 0 spiro atoms. The number of aromatic nitrogens is 4. The van der Waals surface area contributed by atoms with E-state index in [4.69, 9.17) is 4.74 Å². The van der Waals surface area contributed by atoms with Crippen LogP contribution in [-0.4, -0.2) is 55.0 Å². The highest BCUT2D eigenvalue weighted by Crippen LogP contribution is 2.30. The summed E-state index contributed by atoms with van der Waals surface area (Å²) in [6.07, 6.45) is 4.41. The number of nitrogens with one attached hydrogen (secondary N) is 1. The van der Waals surface area contributed by atoms with Gasteiger partial charge in [-0.25, -0.2) is 14.7 Å². The molecule has 0 amide bonds. The molecule has 2 aromatic rings. The van der Waals surface area contributed by atoms with E-state index >= 15 is 0 Å². The molecule has 0 radical (unpaired) electrons. The molecule has 0 saturated carbocycles. The Morgan fingerprint density at radius 3 is 2.83 bits per heavy atom. The fourth-order valence-electron chi connectivity index (χ4n) is 3.20. The van der Waals surface area contributed by atoms with Gasteiger partial charge in [-0.15, -0.1) is 0 Å². The second-order valence-corrected chi connectivity index (χ2v) is 6.63. The van der Waals surface area contributed by atoms with Crippen LogP contribution >= 0.6 is 0 Å². The van der Waals surface area contributed by atoms with Crippen molar-refractivity contribution in [2.24, 2.45) is 13.0 Å². The lowest BCUT2D eigenvalue weighted by atomic mass is 9.93. The lowest BCUT2D eigenvalue weighted by molar-refractivity contribution is 0.368. The van der Waals surface area contributed by atoms with Crippen LogP contribution in [0.2, 0.25) is 0 Å². The number of imidazole rings is 1. The largest absolute Gasteiger partial charge is 0.760 e. The number of methoxy groups -OCH3 is 1. The van der Waals surface area contributed by atoms with Crippen molar-refractivity contribution in [3.63, 3.8) is 0 Å². The van der Waals surface area contributed by atoms with Gasteiger partial charge in [-0.2, -0.15) is 4.98 Å². The Morgan fingerprint density at radius 2 is 2.17 bits per heavy atom. The van der Waals surface area contributed by atoms with Crippen molar-refractivity contribution in [2.75, 3.05) is 31.6 Å². The van der Waals surface area contributed by atoms with E-state index in [2.05, 4.69) is 24.6 Å². The second kappa shape index (κ2) is 7.41. The molecule has 0 aliphatic carbocycles. The van der Waals surface area contributed by atoms with Crippen molar-refractivity contribution < 1.29 is 13.5 Å². The van der Waals surface area contributed by atoms with Gasteiger partial charge >= 0.3 is 0 Å². The molecule has 132 valence electrons. The number of anilines is 1. The number of piperidine rings is 1. The van der Waals surface area contributed by atoms with E-state index in [0.29, 0.717) is 24.1 Å². The SMILES string of the molecule is COc1nc2ncnc(N3CCC(CCNS(=O)[O-])CC3)c2n1C. The van der Waals surface area contributed by atoms with Crippen LogP contribution < -0.4 is 14.4 Å². The Bertz CT molecular complexity index is 729. The van der Waals surface area contributed by atoms with Crippen LogP contribution in [0.1, 0.15) is 19.3 Å². The van der Waals surface area contributed by atoms with Crippen molar-refractivity contribution in [2.45, 2.75) is 19.3 Å². The van der Waals surface area contributed by atoms with Crippen LogP contribution in [0.5, 0.6) is 6.01 Å². The zero-order chi connectivity index (χ0) is 17.1. The summed E-state index contributed by atoms with van der Waals surface area (Å²) in [5, 5.41) is 0. The number of aryl methyl sites for hydroxylation is 1. The fourth-order valence-corrected chi connectivity index (χ4v) is 3.48. The predicted molar refractivity (Wildman–Crippen MR) is 89.3 cm³/mol. The molecule has 1 unspecified atom stereocenters. The molecule has 1 aliphatic heterocycles. The average Bonchev–Trinajstić information content (AvgIpc) is 2.91. The Hall–Kier alpha value is -1.78. The first kappa shape index (κ1) is 17.1. The molecule has 1 saturated heterocycles. The Morgan fingerprint density at radius 1 is 1.42 bits per heavy atom. The minimum absolute atomic E-state index is 0.497. The molecule has 9 nitrogen and oxygen atoms in total. The van der Waals surface area contributed by atoms with Gasteiger partial charge in [0, 0.05) is 37.9 Å². The Labute approximate surface area is 142 Å². The zero-order valence-corrected chi connectivity index (χ0v) is 14.6. The standard InChI is InChI=1S/C14H22N6O3S/c1-19-11-12(18-14(19)23-2)15-9-16-13(11)20-7-4-10(5-8-20)3-6-17-24(21)22/h9-10,17H,3-8H2,1-2H3,(H,21,22)/p-1. The van der Waals surface area contributed by atoms with Gasteiger partial charge in [-0.1, -0.05) is 0 Å². The van der Waals surface area contributed by atoms with Crippen molar-refractivity contribution in [3.05, 3.63) is 6.33 Å². The van der Waals surface area contributed by atoms with Gasteiger partial charge in [0.05, 0.1) is 7.11 Å². The van der Waals surface area contributed by atoms with Crippen molar-refractivity contribution in [3.8, 4) is 6.01 Å². The molecule has 3 heterocycles. The van der Waals surface area contributed by atoms with Gasteiger partial charge in [-0.05, 0) is 25.2 Å². The summed E-state index contributed by atoms with van der Waals surface area (Å²) in [6.45, 7) is 2.26. The molecule has 0 aromatic carbocycles. The zero-order valence-electron chi connectivity index (χ0n) is 13.8. The summed E-state index contributed by atoms with van der Waals surface area (Å²) in [5.41, 5.74) is 1.50. The van der Waals surface area contributed by atoms with Crippen LogP contribution in [0.3, 0.4) is 0 Å². The Balaban J connectivity index is 1.69. The van der Waals surface area contributed by atoms with Gasteiger partial charge in [0.1, 0.15) is 11.8 Å². The van der Waals surface area contributed by atoms with Gasteiger partial charge in [-0.3, -0.25) is 8.78 Å². The maximum absolute atomic E-state index is 10.5. The lowest BCUT2D eigenvalue weighted by Crippen LogP contribution is -2.35. The number of nitrogens with zero attached hydrogens (tertiary/aromatic N) is 5. The van der Waals surface area contributed by atoms with E-state index in [1.165, 1.54) is 6.33 Å². The Kier molecular flexibility index (Phi) is 5.27. The monoisotopic (exact) mass is 353 g/mol. The topological polar surface area (TPSA) is 108 Å². The van der Waals surface area contributed by atoms with Crippen LogP contribution in [0.25, 0.3) is 11.2 Å². The molecule has 1 atom stereocenters. The maximum Gasteiger partial charge on any atom is 0.298 e. The van der Waals surface area contributed by atoms with Gasteiger partial charge in [0.15, 0.2) is 11.5 Å². The van der Waals surface area contributed by atoms with E-state index in [-0.39, 0.29) is 0 Å². The van der Waals surface area contributed by atoms with E-state index in [1.807, 2.05) is 11.6 Å².